The second-order valence-electron chi connectivity index (χ2n) is 5.38. The molecule has 2 amide bonds. The number of rotatable bonds is 8. The fourth-order valence-electron chi connectivity index (χ4n) is 2.19. The molecule has 0 spiro atoms. The summed E-state index contributed by atoms with van der Waals surface area (Å²) < 4.78 is 10.7. The molecule has 132 valence electrons. The van der Waals surface area contributed by atoms with E-state index in [9.17, 15) is 9.59 Å². The lowest BCUT2D eigenvalue weighted by Gasteiger charge is -2.20. The molecule has 0 unspecified atom stereocenters. The summed E-state index contributed by atoms with van der Waals surface area (Å²) in [6.45, 7) is 2.04. The fourth-order valence-corrected chi connectivity index (χ4v) is 2.19. The van der Waals surface area contributed by atoms with E-state index >= 15 is 0 Å². The molecule has 2 aromatic carbocycles. The van der Waals surface area contributed by atoms with Crippen LogP contribution in [0.5, 0.6) is 11.5 Å². The highest BCUT2D eigenvalue weighted by molar-refractivity contribution is 5.94. The molecule has 6 nitrogen and oxygen atoms in total. The molecule has 1 N–H and O–H groups in total. The Hall–Kier alpha value is -3.02. The fraction of sp³-hybridized carbons (Fsp3) is 0.263. The number of hydrogen-bond acceptors (Lipinski definition) is 4. The number of nitrogens with one attached hydrogen (secondary N) is 1. The topological polar surface area (TPSA) is 67.9 Å². The molecule has 2 aromatic rings. The Morgan fingerprint density at radius 1 is 1.00 bits per heavy atom. The second kappa shape index (κ2) is 9.32. The van der Waals surface area contributed by atoms with Crippen LogP contribution in [-0.4, -0.2) is 43.5 Å². The third kappa shape index (κ3) is 6.18. The van der Waals surface area contributed by atoms with Crippen LogP contribution in [-0.2, 0) is 9.59 Å². The largest absolute Gasteiger partial charge is 0.497 e. The molecule has 0 fully saturated rings. The molecule has 0 heterocycles. The van der Waals surface area contributed by atoms with Crippen LogP contribution in [0, 0.1) is 0 Å². The number of methoxy groups -OCH3 is 1. The smallest absolute Gasteiger partial charge is 0.243 e. The minimum absolute atomic E-state index is 0.0177. The highest BCUT2D eigenvalue weighted by atomic mass is 16.5. The van der Waals surface area contributed by atoms with Crippen LogP contribution in [0.15, 0.2) is 54.6 Å². The van der Waals surface area contributed by atoms with Gasteiger partial charge in [0.25, 0.3) is 0 Å². The summed E-state index contributed by atoms with van der Waals surface area (Å²) >= 11 is 0. The molecule has 2 rings (SSSR count). The van der Waals surface area contributed by atoms with Crippen LogP contribution < -0.4 is 14.8 Å². The number of anilines is 1. The second-order valence-corrected chi connectivity index (χ2v) is 5.38. The summed E-state index contributed by atoms with van der Waals surface area (Å²) in [6.07, 6.45) is 0. The summed E-state index contributed by atoms with van der Waals surface area (Å²) in [7, 11) is 1.60. The van der Waals surface area contributed by atoms with E-state index < -0.39 is 0 Å². The van der Waals surface area contributed by atoms with Gasteiger partial charge in [-0.3, -0.25) is 9.59 Å². The molecule has 0 aliphatic rings. The van der Waals surface area contributed by atoms with Gasteiger partial charge in [-0.15, -0.1) is 0 Å². The van der Waals surface area contributed by atoms with Crippen molar-refractivity contribution in [3.63, 3.8) is 0 Å². The number of hydrogen-bond donors (Lipinski definition) is 1. The maximum absolute atomic E-state index is 12.1. The molecule has 0 bridgehead atoms. The van der Waals surface area contributed by atoms with Crippen molar-refractivity contribution in [2.45, 2.75) is 6.92 Å². The summed E-state index contributed by atoms with van der Waals surface area (Å²) in [5.74, 6) is 1.00. The van der Waals surface area contributed by atoms with Crippen molar-refractivity contribution >= 4 is 17.5 Å². The van der Waals surface area contributed by atoms with Crippen LogP contribution in [0.4, 0.5) is 5.69 Å². The van der Waals surface area contributed by atoms with E-state index in [0.717, 1.165) is 5.75 Å². The number of amides is 2. The highest BCUT2D eigenvalue weighted by Crippen LogP contribution is 2.16. The summed E-state index contributed by atoms with van der Waals surface area (Å²) in [6, 6.07) is 16.3. The van der Waals surface area contributed by atoms with Gasteiger partial charge >= 0.3 is 0 Å². The first-order chi connectivity index (χ1) is 12.1. The molecule has 0 aromatic heterocycles. The zero-order valence-electron chi connectivity index (χ0n) is 14.4. The molecule has 0 radical (unpaired) electrons. The Kier molecular flexibility index (Phi) is 6.83. The van der Waals surface area contributed by atoms with Crippen LogP contribution in [0.2, 0.25) is 0 Å². The third-order valence-corrected chi connectivity index (χ3v) is 3.53. The van der Waals surface area contributed by atoms with Crippen molar-refractivity contribution in [1.82, 2.24) is 4.90 Å². The van der Waals surface area contributed by atoms with Gasteiger partial charge in [0.05, 0.1) is 20.2 Å². The normalized spacial score (nSPS) is 10.0. The van der Waals surface area contributed by atoms with E-state index in [-0.39, 0.29) is 18.4 Å². The van der Waals surface area contributed by atoms with Crippen molar-refractivity contribution in [2.24, 2.45) is 0 Å². The number of benzene rings is 2. The maximum atomic E-state index is 12.1. The van der Waals surface area contributed by atoms with Crippen molar-refractivity contribution in [3.8, 4) is 11.5 Å². The molecule has 0 atom stereocenters. The minimum Gasteiger partial charge on any atom is -0.497 e. The number of ether oxygens (including phenoxy) is 2. The van der Waals surface area contributed by atoms with E-state index in [2.05, 4.69) is 5.32 Å². The molecule has 0 saturated carbocycles. The lowest BCUT2D eigenvalue weighted by atomic mass is 10.3. The zero-order chi connectivity index (χ0) is 18.1. The average molecular weight is 342 g/mol. The van der Waals surface area contributed by atoms with E-state index in [0.29, 0.717) is 24.6 Å². The Morgan fingerprint density at radius 2 is 1.64 bits per heavy atom. The third-order valence-electron chi connectivity index (χ3n) is 3.53. The molecule has 25 heavy (non-hydrogen) atoms. The highest BCUT2D eigenvalue weighted by Gasteiger charge is 2.13. The summed E-state index contributed by atoms with van der Waals surface area (Å²) in [5.41, 5.74) is 0.700. The Morgan fingerprint density at radius 3 is 2.24 bits per heavy atom. The van der Waals surface area contributed by atoms with Gasteiger partial charge in [0.1, 0.15) is 18.1 Å². The quantitative estimate of drug-likeness (QED) is 0.801. The Labute approximate surface area is 147 Å². The molecule has 6 heteroatoms. The minimum atomic E-state index is -0.245. The van der Waals surface area contributed by atoms with Crippen molar-refractivity contribution in [2.75, 3.05) is 32.1 Å². The van der Waals surface area contributed by atoms with Crippen molar-refractivity contribution < 1.29 is 19.1 Å². The van der Waals surface area contributed by atoms with Gasteiger partial charge < -0.3 is 19.7 Å². The van der Waals surface area contributed by atoms with Gasteiger partial charge in [-0.1, -0.05) is 18.2 Å². The summed E-state index contributed by atoms with van der Waals surface area (Å²) in [5, 5.41) is 2.76. The lowest BCUT2D eigenvalue weighted by Crippen LogP contribution is -2.39. The van der Waals surface area contributed by atoms with Crippen LogP contribution in [0.1, 0.15) is 6.92 Å². The molecule has 0 saturated heterocycles. The van der Waals surface area contributed by atoms with Crippen LogP contribution >= 0.6 is 0 Å². The number of carbonyl (C=O) groups is 2. The van der Waals surface area contributed by atoms with E-state index in [1.807, 2.05) is 18.2 Å². The predicted octanol–water partition coefficient (Wildman–Crippen LogP) is 2.56. The maximum Gasteiger partial charge on any atom is 0.243 e. The number of para-hydroxylation sites is 1. The van der Waals surface area contributed by atoms with Gasteiger partial charge in [0.2, 0.25) is 11.8 Å². The first-order valence-corrected chi connectivity index (χ1v) is 7.96. The molecule has 0 aliphatic heterocycles. The van der Waals surface area contributed by atoms with Gasteiger partial charge in [0.15, 0.2) is 0 Å². The average Bonchev–Trinajstić information content (AvgIpc) is 2.62. The number of nitrogens with zero attached hydrogens (tertiary/aromatic N) is 1. The predicted molar refractivity (Wildman–Crippen MR) is 95.8 cm³/mol. The van der Waals surface area contributed by atoms with Crippen LogP contribution in [0.25, 0.3) is 0 Å². The van der Waals surface area contributed by atoms with E-state index in [1.54, 1.807) is 43.5 Å². The molecular weight excluding hydrogens is 320 g/mol. The molecule has 0 aliphatic carbocycles. The SMILES string of the molecule is COc1ccc(OCCN(CC(=O)Nc2ccccc2)C(C)=O)cc1. The first kappa shape index (κ1) is 18.3. The Balaban J connectivity index is 1.81. The van der Waals surface area contributed by atoms with Gasteiger partial charge in [-0.2, -0.15) is 0 Å². The zero-order valence-corrected chi connectivity index (χ0v) is 14.4. The van der Waals surface area contributed by atoms with Gasteiger partial charge in [-0.05, 0) is 36.4 Å². The monoisotopic (exact) mass is 342 g/mol. The standard InChI is InChI=1S/C19H22N2O4/c1-15(22)21(14-19(23)20-16-6-4-3-5-7-16)12-13-25-18-10-8-17(24-2)9-11-18/h3-11H,12-14H2,1-2H3,(H,20,23). The first-order valence-electron chi connectivity index (χ1n) is 7.96. The van der Waals surface area contributed by atoms with Crippen LogP contribution in [0.3, 0.4) is 0 Å². The summed E-state index contributed by atoms with van der Waals surface area (Å²) in [4.78, 5) is 25.2. The lowest BCUT2D eigenvalue weighted by molar-refractivity contribution is -0.133. The Bertz CT molecular complexity index is 686. The van der Waals surface area contributed by atoms with E-state index in [4.69, 9.17) is 9.47 Å². The number of carbonyl (C=O) groups excluding carboxylic acids is 2. The van der Waals surface area contributed by atoms with Crippen molar-refractivity contribution in [1.29, 1.82) is 0 Å². The van der Waals surface area contributed by atoms with Gasteiger partial charge in [-0.25, -0.2) is 0 Å². The van der Waals surface area contributed by atoms with Crippen molar-refractivity contribution in [3.05, 3.63) is 54.6 Å². The molecular formula is C19H22N2O4. The van der Waals surface area contributed by atoms with E-state index in [1.165, 1.54) is 11.8 Å². The van der Waals surface area contributed by atoms with Gasteiger partial charge in [0, 0.05) is 12.6 Å².